The zero-order valence-electron chi connectivity index (χ0n) is 16.9. The number of aromatic nitrogens is 3. The van der Waals surface area contributed by atoms with Crippen LogP contribution in [0.25, 0.3) is 0 Å². The van der Waals surface area contributed by atoms with Crippen LogP contribution in [-0.2, 0) is 13.0 Å². The van der Waals surface area contributed by atoms with E-state index in [1.54, 1.807) is 6.33 Å². The van der Waals surface area contributed by atoms with Crippen LogP contribution in [0.15, 0.2) is 11.3 Å². The van der Waals surface area contributed by atoms with Crippen LogP contribution in [0.3, 0.4) is 0 Å². The van der Waals surface area contributed by atoms with Crippen molar-refractivity contribution in [3.8, 4) is 0 Å². The molecule has 148 valence electrons. The summed E-state index contributed by atoms with van der Waals surface area (Å²) in [7, 11) is 2.27. The second-order valence-electron chi connectivity index (χ2n) is 7.11. The number of hydrogen-bond donors (Lipinski definition) is 2. The second kappa shape index (κ2) is 11.9. The Bertz CT molecular complexity index is 520. The van der Waals surface area contributed by atoms with E-state index < -0.39 is 0 Å². The Morgan fingerprint density at radius 3 is 2.81 bits per heavy atom. The first-order valence-corrected chi connectivity index (χ1v) is 10.3. The van der Waals surface area contributed by atoms with Gasteiger partial charge in [-0.15, -0.1) is 10.2 Å². The minimum atomic E-state index is 0.788. The molecule has 0 atom stereocenters. The third-order valence-corrected chi connectivity index (χ3v) is 5.14. The van der Waals surface area contributed by atoms with E-state index in [4.69, 9.17) is 4.99 Å². The molecule has 1 aromatic rings. The van der Waals surface area contributed by atoms with Crippen LogP contribution in [0.4, 0.5) is 0 Å². The summed E-state index contributed by atoms with van der Waals surface area (Å²) in [6.07, 6.45) is 10.8. The SMILES string of the molecule is CCNC(=NCCCN(C)C1CCCCC1)NCCn1cnnc1CC. The van der Waals surface area contributed by atoms with Crippen LogP contribution in [0.5, 0.6) is 0 Å². The average molecular weight is 364 g/mol. The molecule has 0 aromatic carbocycles. The molecular weight excluding hydrogens is 326 g/mol. The van der Waals surface area contributed by atoms with Crippen LogP contribution in [0, 0.1) is 0 Å². The maximum absolute atomic E-state index is 4.72. The highest BCUT2D eigenvalue weighted by Crippen LogP contribution is 2.21. The standard InChI is InChI=1S/C19H37N7/c1-4-18-24-23-16-26(18)15-13-22-19(20-5-2)21-12-9-14-25(3)17-10-7-6-8-11-17/h16-17H,4-15H2,1-3H3,(H2,20,21,22). The smallest absolute Gasteiger partial charge is 0.191 e. The van der Waals surface area contributed by atoms with Crippen molar-refractivity contribution in [2.24, 2.45) is 4.99 Å². The third kappa shape index (κ3) is 6.94. The molecule has 0 aliphatic heterocycles. The van der Waals surface area contributed by atoms with Gasteiger partial charge >= 0.3 is 0 Å². The summed E-state index contributed by atoms with van der Waals surface area (Å²) in [6.45, 7) is 8.74. The van der Waals surface area contributed by atoms with Crippen LogP contribution >= 0.6 is 0 Å². The van der Waals surface area contributed by atoms with E-state index in [0.29, 0.717) is 0 Å². The molecule has 0 unspecified atom stereocenters. The molecule has 0 amide bonds. The van der Waals surface area contributed by atoms with Gasteiger partial charge in [0.05, 0.1) is 0 Å². The van der Waals surface area contributed by atoms with Gasteiger partial charge in [0.2, 0.25) is 0 Å². The van der Waals surface area contributed by atoms with Gasteiger partial charge in [0, 0.05) is 38.6 Å². The number of rotatable bonds is 10. The van der Waals surface area contributed by atoms with E-state index in [9.17, 15) is 0 Å². The highest BCUT2D eigenvalue weighted by Gasteiger charge is 2.17. The zero-order chi connectivity index (χ0) is 18.6. The molecule has 1 heterocycles. The highest BCUT2D eigenvalue weighted by molar-refractivity contribution is 5.79. The number of aliphatic imine (C=N–C) groups is 1. The van der Waals surface area contributed by atoms with Gasteiger partial charge < -0.3 is 20.1 Å². The van der Waals surface area contributed by atoms with Crippen LogP contribution in [-0.4, -0.2) is 64.9 Å². The Morgan fingerprint density at radius 1 is 1.27 bits per heavy atom. The maximum Gasteiger partial charge on any atom is 0.191 e. The lowest BCUT2D eigenvalue weighted by Crippen LogP contribution is -2.39. The zero-order valence-corrected chi connectivity index (χ0v) is 16.9. The first kappa shape index (κ1) is 20.7. The molecule has 0 radical (unpaired) electrons. The fraction of sp³-hybridized carbons (Fsp3) is 0.842. The number of nitrogens with one attached hydrogen (secondary N) is 2. The molecule has 1 aliphatic rings. The summed E-state index contributed by atoms with van der Waals surface area (Å²) in [5.74, 6) is 1.93. The van der Waals surface area contributed by atoms with Gasteiger partial charge in [0.1, 0.15) is 12.2 Å². The van der Waals surface area contributed by atoms with Crippen LogP contribution in [0.2, 0.25) is 0 Å². The second-order valence-corrected chi connectivity index (χ2v) is 7.11. The van der Waals surface area contributed by atoms with Gasteiger partial charge in [0.15, 0.2) is 5.96 Å². The van der Waals surface area contributed by atoms with Gasteiger partial charge in [0.25, 0.3) is 0 Å². The van der Waals surface area contributed by atoms with Crippen LogP contribution < -0.4 is 10.6 Å². The molecule has 1 saturated carbocycles. The molecular formula is C19H37N7. The van der Waals surface area contributed by atoms with Crippen molar-refractivity contribution in [2.45, 2.75) is 71.4 Å². The molecule has 1 aromatic heterocycles. The predicted octanol–water partition coefficient (Wildman–Crippen LogP) is 2.05. The molecule has 1 fully saturated rings. The Kier molecular flexibility index (Phi) is 9.45. The van der Waals surface area contributed by atoms with E-state index in [-0.39, 0.29) is 0 Å². The molecule has 7 nitrogen and oxygen atoms in total. The predicted molar refractivity (Wildman–Crippen MR) is 108 cm³/mol. The molecule has 0 bridgehead atoms. The van der Waals surface area contributed by atoms with E-state index in [1.165, 1.54) is 32.1 Å². The maximum atomic E-state index is 4.72. The number of nitrogens with zero attached hydrogens (tertiary/aromatic N) is 5. The minimum Gasteiger partial charge on any atom is -0.357 e. The Hall–Kier alpha value is -1.63. The van der Waals surface area contributed by atoms with Crippen molar-refractivity contribution in [1.29, 1.82) is 0 Å². The highest BCUT2D eigenvalue weighted by atomic mass is 15.3. The van der Waals surface area contributed by atoms with Crippen molar-refractivity contribution in [1.82, 2.24) is 30.3 Å². The summed E-state index contributed by atoms with van der Waals surface area (Å²) in [5, 5.41) is 14.8. The third-order valence-electron chi connectivity index (χ3n) is 5.14. The molecule has 1 aliphatic carbocycles. The fourth-order valence-corrected chi connectivity index (χ4v) is 3.59. The largest absolute Gasteiger partial charge is 0.357 e. The summed E-state index contributed by atoms with van der Waals surface area (Å²) < 4.78 is 2.09. The molecule has 0 saturated heterocycles. The van der Waals surface area contributed by atoms with Crippen molar-refractivity contribution in [2.75, 3.05) is 33.2 Å². The van der Waals surface area contributed by atoms with E-state index in [1.807, 2.05) is 0 Å². The van der Waals surface area contributed by atoms with Gasteiger partial charge in [-0.2, -0.15) is 0 Å². The first-order valence-electron chi connectivity index (χ1n) is 10.3. The Balaban J connectivity index is 1.68. The van der Waals surface area contributed by atoms with Gasteiger partial charge in [-0.1, -0.05) is 26.2 Å². The monoisotopic (exact) mass is 363 g/mol. The number of aryl methyl sites for hydroxylation is 1. The lowest BCUT2D eigenvalue weighted by molar-refractivity contribution is 0.191. The normalized spacial score (nSPS) is 16.2. The Labute approximate surface area is 158 Å². The Morgan fingerprint density at radius 2 is 2.08 bits per heavy atom. The van der Waals surface area contributed by atoms with Crippen molar-refractivity contribution in [3.63, 3.8) is 0 Å². The lowest BCUT2D eigenvalue weighted by Gasteiger charge is -2.31. The topological polar surface area (TPSA) is 70.4 Å². The van der Waals surface area contributed by atoms with Gasteiger partial charge in [-0.05, 0) is 39.8 Å². The van der Waals surface area contributed by atoms with E-state index >= 15 is 0 Å². The first-order chi connectivity index (χ1) is 12.7. The molecule has 0 spiro atoms. The van der Waals surface area contributed by atoms with Gasteiger partial charge in [-0.3, -0.25) is 4.99 Å². The average Bonchev–Trinajstić information content (AvgIpc) is 3.13. The fourth-order valence-electron chi connectivity index (χ4n) is 3.59. The molecule has 26 heavy (non-hydrogen) atoms. The van der Waals surface area contributed by atoms with Gasteiger partial charge in [-0.25, -0.2) is 0 Å². The van der Waals surface area contributed by atoms with Crippen molar-refractivity contribution >= 4 is 5.96 Å². The summed E-state index contributed by atoms with van der Waals surface area (Å²) >= 11 is 0. The number of guanidine groups is 1. The summed E-state index contributed by atoms with van der Waals surface area (Å²) in [6, 6.07) is 0.788. The molecule has 2 N–H and O–H groups in total. The molecule has 7 heteroatoms. The number of hydrogen-bond acceptors (Lipinski definition) is 4. The van der Waals surface area contributed by atoms with Crippen LogP contribution in [0.1, 0.15) is 58.2 Å². The lowest BCUT2D eigenvalue weighted by atomic mass is 9.94. The van der Waals surface area contributed by atoms with Crippen molar-refractivity contribution in [3.05, 3.63) is 12.2 Å². The van der Waals surface area contributed by atoms with Crippen molar-refractivity contribution < 1.29 is 0 Å². The summed E-state index contributed by atoms with van der Waals surface area (Å²) in [5.41, 5.74) is 0. The quantitative estimate of drug-likeness (QED) is 0.378. The van der Waals surface area contributed by atoms with E-state index in [0.717, 1.165) is 63.4 Å². The minimum absolute atomic E-state index is 0.788. The van der Waals surface area contributed by atoms with E-state index in [2.05, 4.69) is 51.2 Å². The summed E-state index contributed by atoms with van der Waals surface area (Å²) in [4.78, 5) is 7.25. The molecule has 2 rings (SSSR count).